The molecule has 0 saturated carbocycles. The molecule has 1 aromatic heterocycles. The molecule has 2 heteroatoms. The van der Waals surface area contributed by atoms with Crippen molar-refractivity contribution in [3.8, 4) is 0 Å². The van der Waals surface area contributed by atoms with Gasteiger partial charge in [-0.15, -0.1) is 0 Å². The molecular weight excluding hydrogens is 210 g/mol. The SMILES string of the molecule is CC(=O)c1ccc2c(ccn2CC=C(C)C)c1. The topological polar surface area (TPSA) is 22.0 Å². The Morgan fingerprint density at radius 3 is 2.65 bits per heavy atom. The van der Waals surface area contributed by atoms with Gasteiger partial charge in [-0.1, -0.05) is 11.6 Å². The lowest BCUT2D eigenvalue weighted by Crippen LogP contribution is -1.95. The molecule has 2 aromatic rings. The number of ketones is 1. The molecule has 2 nitrogen and oxygen atoms in total. The normalized spacial score (nSPS) is 10.5. The van der Waals surface area contributed by atoms with Gasteiger partial charge in [-0.2, -0.15) is 0 Å². The molecule has 0 saturated heterocycles. The number of rotatable bonds is 3. The maximum atomic E-state index is 11.3. The molecule has 2 rings (SSSR count). The van der Waals surface area contributed by atoms with Crippen LogP contribution in [0.4, 0.5) is 0 Å². The van der Waals surface area contributed by atoms with E-state index in [1.165, 1.54) is 11.1 Å². The lowest BCUT2D eigenvalue weighted by atomic mass is 10.1. The second kappa shape index (κ2) is 4.58. The molecule has 0 aliphatic carbocycles. The van der Waals surface area contributed by atoms with Crippen molar-refractivity contribution in [2.75, 3.05) is 0 Å². The van der Waals surface area contributed by atoms with Crippen LogP contribution in [-0.4, -0.2) is 10.4 Å². The summed E-state index contributed by atoms with van der Waals surface area (Å²) in [6, 6.07) is 7.92. The fourth-order valence-electron chi connectivity index (χ4n) is 1.86. The van der Waals surface area contributed by atoms with Gasteiger partial charge in [-0.05, 0) is 45.0 Å². The Morgan fingerprint density at radius 1 is 1.24 bits per heavy atom. The predicted molar refractivity (Wildman–Crippen MR) is 71.4 cm³/mol. The van der Waals surface area contributed by atoms with Crippen LogP contribution in [-0.2, 0) is 6.54 Å². The Labute approximate surface area is 102 Å². The standard InChI is InChI=1S/C15H17NO/c1-11(2)6-8-16-9-7-14-10-13(12(3)17)4-5-15(14)16/h4-7,9-10H,8H2,1-3H3. The highest BCUT2D eigenvalue weighted by Crippen LogP contribution is 2.18. The third-order valence-electron chi connectivity index (χ3n) is 2.87. The van der Waals surface area contributed by atoms with E-state index in [-0.39, 0.29) is 5.78 Å². The fraction of sp³-hybridized carbons (Fsp3) is 0.267. The van der Waals surface area contributed by atoms with Crippen LogP contribution < -0.4 is 0 Å². The fourth-order valence-corrected chi connectivity index (χ4v) is 1.86. The van der Waals surface area contributed by atoms with E-state index < -0.39 is 0 Å². The number of fused-ring (bicyclic) bond motifs is 1. The molecule has 0 aliphatic rings. The highest BCUT2D eigenvalue weighted by atomic mass is 16.1. The molecule has 0 fully saturated rings. The summed E-state index contributed by atoms with van der Waals surface area (Å²) in [5.74, 6) is 0.115. The summed E-state index contributed by atoms with van der Waals surface area (Å²) in [4.78, 5) is 11.3. The Bertz CT molecular complexity index is 586. The first-order valence-electron chi connectivity index (χ1n) is 5.81. The van der Waals surface area contributed by atoms with Crippen molar-refractivity contribution in [1.82, 2.24) is 4.57 Å². The molecule has 0 aliphatic heterocycles. The van der Waals surface area contributed by atoms with E-state index in [1.54, 1.807) is 6.92 Å². The first-order valence-corrected chi connectivity index (χ1v) is 5.81. The molecule has 0 atom stereocenters. The zero-order valence-electron chi connectivity index (χ0n) is 10.5. The average molecular weight is 227 g/mol. The van der Waals surface area contributed by atoms with Crippen LogP contribution in [0.15, 0.2) is 42.1 Å². The van der Waals surface area contributed by atoms with Gasteiger partial charge in [0, 0.05) is 29.2 Å². The van der Waals surface area contributed by atoms with Gasteiger partial charge in [0.15, 0.2) is 5.78 Å². The number of hydrogen-bond acceptors (Lipinski definition) is 1. The maximum absolute atomic E-state index is 11.3. The molecule has 1 heterocycles. The molecule has 0 N–H and O–H groups in total. The summed E-state index contributed by atoms with van der Waals surface area (Å²) in [7, 11) is 0. The highest BCUT2D eigenvalue weighted by Gasteiger charge is 2.03. The summed E-state index contributed by atoms with van der Waals surface area (Å²) in [5, 5.41) is 1.12. The van der Waals surface area contributed by atoms with E-state index in [0.717, 1.165) is 17.5 Å². The lowest BCUT2D eigenvalue weighted by molar-refractivity contribution is 0.101. The second-order valence-corrected chi connectivity index (χ2v) is 4.58. The van der Waals surface area contributed by atoms with Crippen molar-refractivity contribution in [2.24, 2.45) is 0 Å². The first kappa shape index (κ1) is 11.6. The van der Waals surface area contributed by atoms with Crippen molar-refractivity contribution in [3.63, 3.8) is 0 Å². The molecule has 0 radical (unpaired) electrons. The van der Waals surface area contributed by atoms with Crippen LogP contribution in [0.3, 0.4) is 0 Å². The molecule has 0 unspecified atom stereocenters. The van der Waals surface area contributed by atoms with E-state index in [9.17, 15) is 4.79 Å². The van der Waals surface area contributed by atoms with Crippen LogP contribution >= 0.6 is 0 Å². The molecular formula is C15H17NO. The molecule has 0 bridgehead atoms. The molecule has 0 spiro atoms. The van der Waals surface area contributed by atoms with Gasteiger partial charge in [-0.25, -0.2) is 0 Å². The summed E-state index contributed by atoms with van der Waals surface area (Å²) in [6.07, 6.45) is 4.26. The zero-order valence-corrected chi connectivity index (χ0v) is 10.5. The van der Waals surface area contributed by atoms with Crippen LogP contribution in [0.25, 0.3) is 10.9 Å². The van der Waals surface area contributed by atoms with Crippen molar-refractivity contribution >= 4 is 16.7 Å². The van der Waals surface area contributed by atoms with Gasteiger partial charge in [0.2, 0.25) is 0 Å². The largest absolute Gasteiger partial charge is 0.344 e. The van der Waals surface area contributed by atoms with E-state index in [0.29, 0.717) is 0 Å². The number of carbonyl (C=O) groups excluding carboxylic acids is 1. The Hall–Kier alpha value is -1.83. The zero-order chi connectivity index (χ0) is 12.4. The first-order chi connectivity index (χ1) is 8.08. The van der Waals surface area contributed by atoms with Crippen LogP contribution in [0.5, 0.6) is 0 Å². The second-order valence-electron chi connectivity index (χ2n) is 4.58. The van der Waals surface area contributed by atoms with Gasteiger partial charge in [-0.3, -0.25) is 4.79 Å². The molecule has 88 valence electrons. The number of allylic oxidation sites excluding steroid dienone is 2. The number of aromatic nitrogens is 1. The monoisotopic (exact) mass is 227 g/mol. The Morgan fingerprint density at radius 2 is 2.00 bits per heavy atom. The van der Waals surface area contributed by atoms with E-state index in [1.807, 2.05) is 18.2 Å². The minimum atomic E-state index is 0.115. The number of nitrogens with zero attached hydrogens (tertiary/aromatic N) is 1. The van der Waals surface area contributed by atoms with Gasteiger partial charge in [0.05, 0.1) is 0 Å². The summed E-state index contributed by atoms with van der Waals surface area (Å²) in [6.45, 7) is 6.67. The van der Waals surface area contributed by atoms with Crippen LogP contribution in [0.1, 0.15) is 31.1 Å². The summed E-state index contributed by atoms with van der Waals surface area (Å²) >= 11 is 0. The van der Waals surface area contributed by atoms with Crippen molar-refractivity contribution < 1.29 is 4.79 Å². The third kappa shape index (κ3) is 2.47. The quantitative estimate of drug-likeness (QED) is 0.577. The van der Waals surface area contributed by atoms with Crippen LogP contribution in [0, 0.1) is 0 Å². The summed E-state index contributed by atoms with van der Waals surface area (Å²) in [5.41, 5.74) is 3.26. The van der Waals surface area contributed by atoms with Crippen molar-refractivity contribution in [2.45, 2.75) is 27.3 Å². The van der Waals surface area contributed by atoms with Gasteiger partial charge < -0.3 is 4.57 Å². The van der Waals surface area contributed by atoms with Crippen LogP contribution in [0.2, 0.25) is 0 Å². The minimum Gasteiger partial charge on any atom is -0.344 e. The van der Waals surface area contributed by atoms with E-state index in [2.05, 4.69) is 36.8 Å². The Balaban J connectivity index is 2.41. The molecule has 0 amide bonds. The lowest BCUT2D eigenvalue weighted by Gasteiger charge is -2.03. The molecule has 17 heavy (non-hydrogen) atoms. The maximum Gasteiger partial charge on any atom is 0.159 e. The van der Waals surface area contributed by atoms with Gasteiger partial charge in [0.1, 0.15) is 0 Å². The van der Waals surface area contributed by atoms with Gasteiger partial charge >= 0.3 is 0 Å². The third-order valence-corrected chi connectivity index (χ3v) is 2.87. The van der Waals surface area contributed by atoms with Crippen molar-refractivity contribution in [3.05, 3.63) is 47.7 Å². The molecule has 1 aromatic carbocycles. The minimum absolute atomic E-state index is 0.115. The number of Topliss-reactive ketones (excluding diaryl/α,β-unsaturated/α-hetero) is 1. The Kier molecular flexibility index (Phi) is 3.14. The predicted octanol–water partition coefficient (Wildman–Crippen LogP) is 3.81. The highest BCUT2D eigenvalue weighted by molar-refractivity contribution is 5.98. The van der Waals surface area contributed by atoms with E-state index >= 15 is 0 Å². The van der Waals surface area contributed by atoms with E-state index in [4.69, 9.17) is 0 Å². The number of hydrogen-bond donors (Lipinski definition) is 0. The van der Waals surface area contributed by atoms with Gasteiger partial charge in [0.25, 0.3) is 0 Å². The number of benzene rings is 1. The average Bonchev–Trinajstić information content (AvgIpc) is 2.68. The smallest absolute Gasteiger partial charge is 0.159 e. The number of carbonyl (C=O) groups is 1. The summed E-state index contributed by atoms with van der Waals surface area (Å²) < 4.78 is 2.19. The van der Waals surface area contributed by atoms with Crippen molar-refractivity contribution in [1.29, 1.82) is 0 Å².